The molecule has 3 heteroatoms. The highest BCUT2D eigenvalue weighted by Crippen LogP contribution is 2.28. The summed E-state index contributed by atoms with van der Waals surface area (Å²) in [6.07, 6.45) is 2.68. The first-order valence-electron chi connectivity index (χ1n) is 6.45. The van der Waals surface area contributed by atoms with Gasteiger partial charge in [0.25, 0.3) is 0 Å². The van der Waals surface area contributed by atoms with Crippen LogP contribution in [-0.2, 0) is 4.74 Å². The van der Waals surface area contributed by atoms with Crippen LogP contribution in [0, 0.1) is 11.8 Å². The maximum atomic E-state index is 12.6. The number of hydrogen-bond acceptors (Lipinski definition) is 2. The Balaban J connectivity index is 1.96. The van der Waals surface area contributed by atoms with Crippen LogP contribution in [0.25, 0.3) is 10.9 Å². The number of ether oxygens (including phenoxy) is 1. The second-order valence-corrected chi connectivity index (χ2v) is 5.06. The topological polar surface area (TPSA) is 42.1 Å². The molecule has 0 radical (unpaired) electrons. The van der Waals surface area contributed by atoms with Crippen molar-refractivity contribution in [3.8, 4) is 0 Å². The van der Waals surface area contributed by atoms with Crippen molar-refractivity contribution in [2.24, 2.45) is 11.8 Å². The molecular formula is C15H17NO2. The number of fused-ring (bicyclic) bond motifs is 1. The van der Waals surface area contributed by atoms with Crippen LogP contribution in [0.2, 0.25) is 0 Å². The molecule has 0 amide bonds. The lowest BCUT2D eigenvalue weighted by molar-refractivity contribution is 0.0242. The van der Waals surface area contributed by atoms with Crippen LogP contribution in [-0.4, -0.2) is 24.0 Å². The third-order valence-corrected chi connectivity index (χ3v) is 3.83. The van der Waals surface area contributed by atoms with E-state index in [-0.39, 0.29) is 11.7 Å². The molecule has 94 valence electrons. The van der Waals surface area contributed by atoms with Gasteiger partial charge in [0.2, 0.25) is 0 Å². The zero-order chi connectivity index (χ0) is 12.5. The standard InChI is InChI=1S/C15H17NO2/c1-10-9-18-7-6-11(10)15(17)13-8-16-14-5-3-2-4-12(13)14/h2-5,8,10-11,16H,6-7,9H2,1H3. The predicted octanol–water partition coefficient (Wildman–Crippen LogP) is 3.02. The molecule has 1 aromatic carbocycles. The third kappa shape index (κ3) is 1.85. The lowest BCUT2D eigenvalue weighted by atomic mass is 9.83. The maximum Gasteiger partial charge on any atom is 0.168 e. The zero-order valence-electron chi connectivity index (χ0n) is 10.5. The number of Topliss-reactive ketones (excluding diaryl/α,β-unsaturated/α-hetero) is 1. The maximum absolute atomic E-state index is 12.6. The largest absolute Gasteiger partial charge is 0.381 e. The lowest BCUT2D eigenvalue weighted by Gasteiger charge is -2.27. The summed E-state index contributed by atoms with van der Waals surface area (Å²) in [5.74, 6) is 0.654. The minimum atomic E-state index is 0.0953. The normalized spacial score (nSPS) is 24.3. The van der Waals surface area contributed by atoms with Gasteiger partial charge in [0.15, 0.2) is 5.78 Å². The van der Waals surface area contributed by atoms with E-state index >= 15 is 0 Å². The van der Waals surface area contributed by atoms with Crippen LogP contribution in [0.3, 0.4) is 0 Å². The van der Waals surface area contributed by atoms with E-state index in [1.54, 1.807) is 0 Å². The Labute approximate surface area is 106 Å². The van der Waals surface area contributed by atoms with E-state index in [1.807, 2.05) is 30.5 Å². The summed E-state index contributed by atoms with van der Waals surface area (Å²) in [6, 6.07) is 7.95. The van der Waals surface area contributed by atoms with E-state index < -0.39 is 0 Å². The van der Waals surface area contributed by atoms with Gasteiger partial charge < -0.3 is 9.72 Å². The molecule has 3 nitrogen and oxygen atoms in total. The molecule has 0 bridgehead atoms. The summed E-state index contributed by atoms with van der Waals surface area (Å²) in [5.41, 5.74) is 1.85. The molecule has 0 saturated carbocycles. The molecule has 0 aliphatic carbocycles. The molecule has 1 saturated heterocycles. The molecule has 2 atom stereocenters. The average Bonchev–Trinajstić information content (AvgIpc) is 2.82. The fourth-order valence-corrected chi connectivity index (χ4v) is 2.74. The lowest BCUT2D eigenvalue weighted by Crippen LogP contribution is -2.31. The van der Waals surface area contributed by atoms with Crippen molar-refractivity contribution in [3.05, 3.63) is 36.0 Å². The number of carbonyl (C=O) groups is 1. The van der Waals surface area contributed by atoms with Crippen LogP contribution >= 0.6 is 0 Å². The number of carbonyl (C=O) groups excluding carboxylic acids is 1. The molecule has 1 aliphatic rings. The summed E-state index contributed by atoms with van der Waals surface area (Å²) in [5, 5.41) is 1.03. The fourth-order valence-electron chi connectivity index (χ4n) is 2.74. The second kappa shape index (κ2) is 4.58. The van der Waals surface area contributed by atoms with E-state index in [9.17, 15) is 4.79 Å². The van der Waals surface area contributed by atoms with Gasteiger partial charge in [-0.05, 0) is 18.4 Å². The van der Waals surface area contributed by atoms with Crippen molar-refractivity contribution >= 4 is 16.7 Å². The number of ketones is 1. The Morgan fingerprint density at radius 1 is 1.39 bits per heavy atom. The Kier molecular flexibility index (Phi) is 2.92. The molecule has 1 aliphatic heterocycles. The summed E-state index contributed by atoms with van der Waals surface area (Å²) in [4.78, 5) is 15.8. The monoisotopic (exact) mass is 243 g/mol. The Morgan fingerprint density at radius 2 is 2.22 bits per heavy atom. The number of aromatic nitrogens is 1. The highest BCUT2D eigenvalue weighted by atomic mass is 16.5. The second-order valence-electron chi connectivity index (χ2n) is 5.06. The smallest absolute Gasteiger partial charge is 0.168 e. The van der Waals surface area contributed by atoms with Crippen molar-refractivity contribution in [3.63, 3.8) is 0 Å². The van der Waals surface area contributed by atoms with Gasteiger partial charge >= 0.3 is 0 Å². The van der Waals surface area contributed by atoms with E-state index in [1.165, 1.54) is 0 Å². The Bertz CT molecular complexity index is 573. The van der Waals surface area contributed by atoms with Gasteiger partial charge in [-0.2, -0.15) is 0 Å². The highest BCUT2D eigenvalue weighted by Gasteiger charge is 2.30. The molecule has 2 aromatic rings. The summed E-state index contributed by atoms with van der Waals surface area (Å²) >= 11 is 0. The van der Waals surface area contributed by atoms with Gasteiger partial charge in [0, 0.05) is 41.8 Å². The molecular weight excluding hydrogens is 226 g/mol. The SMILES string of the molecule is CC1COCCC1C(=O)c1c[nH]c2ccccc12. The van der Waals surface area contributed by atoms with Gasteiger partial charge in [-0.3, -0.25) is 4.79 Å². The number of H-pyrrole nitrogens is 1. The van der Waals surface area contributed by atoms with Gasteiger partial charge in [-0.1, -0.05) is 25.1 Å². The minimum absolute atomic E-state index is 0.0953. The highest BCUT2D eigenvalue weighted by molar-refractivity contribution is 6.08. The number of rotatable bonds is 2. The number of benzene rings is 1. The van der Waals surface area contributed by atoms with Crippen molar-refractivity contribution in [1.29, 1.82) is 0 Å². The molecule has 1 N–H and O–H groups in total. The van der Waals surface area contributed by atoms with Crippen LogP contribution in [0.1, 0.15) is 23.7 Å². The fraction of sp³-hybridized carbons (Fsp3) is 0.400. The first-order chi connectivity index (χ1) is 8.77. The summed E-state index contributed by atoms with van der Waals surface area (Å²) in [6.45, 7) is 3.48. The van der Waals surface area contributed by atoms with Gasteiger partial charge in [0.05, 0.1) is 0 Å². The van der Waals surface area contributed by atoms with Crippen LogP contribution in [0.15, 0.2) is 30.5 Å². The number of nitrogens with one attached hydrogen (secondary N) is 1. The molecule has 3 rings (SSSR count). The van der Waals surface area contributed by atoms with Gasteiger partial charge in [-0.15, -0.1) is 0 Å². The van der Waals surface area contributed by atoms with Crippen molar-refractivity contribution in [2.45, 2.75) is 13.3 Å². The minimum Gasteiger partial charge on any atom is -0.381 e. The molecule has 0 spiro atoms. The average molecular weight is 243 g/mol. The quantitative estimate of drug-likeness (QED) is 0.824. The molecule has 1 fully saturated rings. The van der Waals surface area contributed by atoms with Gasteiger partial charge in [0.1, 0.15) is 0 Å². The van der Waals surface area contributed by atoms with Crippen molar-refractivity contribution in [2.75, 3.05) is 13.2 Å². The first kappa shape index (κ1) is 11.5. The Hall–Kier alpha value is -1.61. The number of hydrogen-bond donors (Lipinski definition) is 1. The van der Waals surface area contributed by atoms with Crippen molar-refractivity contribution in [1.82, 2.24) is 4.98 Å². The van der Waals surface area contributed by atoms with E-state index in [4.69, 9.17) is 4.74 Å². The van der Waals surface area contributed by atoms with Crippen LogP contribution in [0.5, 0.6) is 0 Å². The van der Waals surface area contributed by atoms with E-state index in [0.29, 0.717) is 19.1 Å². The van der Waals surface area contributed by atoms with Gasteiger partial charge in [-0.25, -0.2) is 0 Å². The van der Waals surface area contributed by atoms with E-state index in [0.717, 1.165) is 22.9 Å². The third-order valence-electron chi connectivity index (χ3n) is 3.83. The molecule has 2 unspecified atom stereocenters. The molecule has 18 heavy (non-hydrogen) atoms. The number of para-hydroxylation sites is 1. The summed E-state index contributed by atoms with van der Waals surface area (Å²) < 4.78 is 5.41. The predicted molar refractivity (Wildman–Crippen MR) is 70.7 cm³/mol. The Morgan fingerprint density at radius 3 is 3.06 bits per heavy atom. The summed E-state index contributed by atoms with van der Waals surface area (Å²) in [7, 11) is 0. The molecule has 2 heterocycles. The first-order valence-corrected chi connectivity index (χ1v) is 6.45. The van der Waals surface area contributed by atoms with Crippen LogP contribution in [0.4, 0.5) is 0 Å². The number of aromatic amines is 1. The van der Waals surface area contributed by atoms with Crippen LogP contribution < -0.4 is 0 Å². The molecule has 1 aromatic heterocycles. The van der Waals surface area contributed by atoms with E-state index in [2.05, 4.69) is 11.9 Å². The van der Waals surface area contributed by atoms with Crippen molar-refractivity contribution < 1.29 is 9.53 Å². The zero-order valence-corrected chi connectivity index (χ0v) is 10.5.